The number of benzene rings is 1. The van der Waals surface area contributed by atoms with Crippen LogP contribution in [0.1, 0.15) is 56.2 Å². The Hall–Kier alpha value is -1.35. The van der Waals surface area contributed by atoms with Crippen molar-refractivity contribution in [3.63, 3.8) is 0 Å². The summed E-state index contributed by atoms with van der Waals surface area (Å²) >= 11 is 0. The van der Waals surface area contributed by atoms with Crippen LogP contribution in [0.4, 0.5) is 0 Å². The third kappa shape index (κ3) is 2.84. The maximum Gasteiger partial charge on any atom is 0.226 e. The molecule has 0 saturated heterocycles. The summed E-state index contributed by atoms with van der Waals surface area (Å²) in [5, 5.41) is 6.76. The number of carbonyl (C=O) groups excluding carboxylic acids is 1. The first-order chi connectivity index (χ1) is 10.2. The van der Waals surface area contributed by atoms with Crippen LogP contribution in [0.25, 0.3) is 0 Å². The van der Waals surface area contributed by atoms with Crippen LogP contribution in [0.2, 0.25) is 0 Å². The second kappa shape index (κ2) is 6.18. The van der Waals surface area contributed by atoms with E-state index in [9.17, 15) is 4.79 Å². The van der Waals surface area contributed by atoms with Crippen LogP contribution >= 0.6 is 0 Å². The van der Waals surface area contributed by atoms with Gasteiger partial charge < -0.3 is 10.6 Å². The zero-order valence-electron chi connectivity index (χ0n) is 13.0. The Kier molecular flexibility index (Phi) is 4.29. The van der Waals surface area contributed by atoms with Crippen LogP contribution in [0.15, 0.2) is 24.3 Å². The highest BCUT2D eigenvalue weighted by Crippen LogP contribution is 2.41. The Balaban J connectivity index is 1.65. The molecule has 0 bridgehead atoms. The van der Waals surface area contributed by atoms with Gasteiger partial charge in [-0.05, 0) is 43.4 Å². The van der Waals surface area contributed by atoms with Gasteiger partial charge in [-0.1, -0.05) is 44.0 Å². The number of hydrogen-bond donors (Lipinski definition) is 2. The molecule has 1 unspecified atom stereocenters. The van der Waals surface area contributed by atoms with Gasteiger partial charge >= 0.3 is 0 Å². The molecule has 1 aliphatic heterocycles. The molecular weight excluding hydrogens is 260 g/mol. The molecule has 1 aromatic rings. The minimum atomic E-state index is -0.0891. The fourth-order valence-corrected chi connectivity index (χ4v) is 3.95. The molecule has 3 heteroatoms. The molecule has 3 rings (SSSR count). The Morgan fingerprint density at radius 1 is 1.33 bits per heavy atom. The molecule has 1 amide bonds. The fourth-order valence-electron chi connectivity index (χ4n) is 3.95. The van der Waals surface area contributed by atoms with Crippen LogP contribution in [0.3, 0.4) is 0 Å². The van der Waals surface area contributed by atoms with Gasteiger partial charge in [0.05, 0.1) is 0 Å². The van der Waals surface area contributed by atoms with Gasteiger partial charge in [0.25, 0.3) is 0 Å². The number of amides is 1. The molecule has 114 valence electrons. The van der Waals surface area contributed by atoms with Gasteiger partial charge in [0.2, 0.25) is 5.91 Å². The molecule has 2 N–H and O–H groups in total. The monoisotopic (exact) mass is 286 g/mol. The van der Waals surface area contributed by atoms with Crippen molar-refractivity contribution in [3.8, 4) is 0 Å². The van der Waals surface area contributed by atoms with Crippen molar-refractivity contribution in [2.45, 2.75) is 51.5 Å². The van der Waals surface area contributed by atoms with Crippen molar-refractivity contribution in [1.82, 2.24) is 10.6 Å². The molecule has 1 atom stereocenters. The van der Waals surface area contributed by atoms with Crippen LogP contribution < -0.4 is 10.6 Å². The van der Waals surface area contributed by atoms with Crippen molar-refractivity contribution in [2.75, 3.05) is 13.1 Å². The van der Waals surface area contributed by atoms with Crippen LogP contribution in [-0.4, -0.2) is 19.0 Å². The molecule has 1 saturated carbocycles. The molecule has 21 heavy (non-hydrogen) atoms. The quantitative estimate of drug-likeness (QED) is 0.893. The summed E-state index contributed by atoms with van der Waals surface area (Å²) in [6, 6.07) is 8.84. The molecule has 3 nitrogen and oxygen atoms in total. The molecule has 1 fully saturated rings. The first kappa shape index (κ1) is 14.6. The second-order valence-electron chi connectivity index (χ2n) is 6.51. The average molecular weight is 286 g/mol. The number of hydrogen-bond acceptors (Lipinski definition) is 2. The van der Waals surface area contributed by atoms with Gasteiger partial charge in [-0.25, -0.2) is 0 Å². The van der Waals surface area contributed by atoms with Crippen molar-refractivity contribution >= 4 is 5.91 Å². The maximum atomic E-state index is 12.6. The highest BCUT2D eigenvalue weighted by molar-refractivity contribution is 5.82. The number of fused-ring (bicyclic) bond motifs is 1. The summed E-state index contributed by atoms with van der Waals surface area (Å²) in [7, 11) is 0. The van der Waals surface area contributed by atoms with E-state index in [1.807, 2.05) is 0 Å². The lowest BCUT2D eigenvalue weighted by molar-refractivity contribution is -0.131. The molecule has 1 aliphatic carbocycles. The zero-order valence-corrected chi connectivity index (χ0v) is 13.0. The summed E-state index contributed by atoms with van der Waals surface area (Å²) in [5.74, 6) is 0.271. The predicted molar refractivity (Wildman–Crippen MR) is 85.1 cm³/mol. The van der Waals surface area contributed by atoms with Gasteiger partial charge in [-0.15, -0.1) is 0 Å². The van der Waals surface area contributed by atoms with E-state index in [1.54, 1.807) is 0 Å². The Labute approximate surface area is 127 Å². The topological polar surface area (TPSA) is 41.1 Å². The van der Waals surface area contributed by atoms with E-state index in [0.717, 1.165) is 32.2 Å². The lowest BCUT2D eigenvalue weighted by Gasteiger charge is -2.30. The summed E-state index contributed by atoms with van der Waals surface area (Å²) in [6.07, 6.45) is 6.57. The van der Waals surface area contributed by atoms with Crippen molar-refractivity contribution in [2.24, 2.45) is 5.41 Å². The van der Waals surface area contributed by atoms with E-state index in [-0.39, 0.29) is 17.4 Å². The van der Waals surface area contributed by atoms with Gasteiger partial charge in [-0.2, -0.15) is 0 Å². The van der Waals surface area contributed by atoms with Gasteiger partial charge in [0.1, 0.15) is 0 Å². The van der Waals surface area contributed by atoms with E-state index in [0.29, 0.717) is 6.54 Å². The Morgan fingerprint density at radius 2 is 2.10 bits per heavy atom. The lowest BCUT2D eigenvalue weighted by atomic mass is 9.82. The number of nitrogens with one attached hydrogen (secondary N) is 2. The first-order valence-electron chi connectivity index (χ1n) is 8.35. The highest BCUT2D eigenvalue weighted by Gasteiger charge is 2.39. The van der Waals surface area contributed by atoms with Crippen molar-refractivity contribution in [1.29, 1.82) is 0 Å². The van der Waals surface area contributed by atoms with E-state index in [1.165, 1.54) is 24.0 Å². The van der Waals surface area contributed by atoms with E-state index in [2.05, 4.69) is 41.8 Å². The maximum absolute atomic E-state index is 12.6. The molecule has 0 spiro atoms. The Morgan fingerprint density at radius 3 is 2.86 bits per heavy atom. The summed E-state index contributed by atoms with van der Waals surface area (Å²) in [5.41, 5.74) is 2.68. The van der Waals surface area contributed by atoms with E-state index >= 15 is 0 Å². The van der Waals surface area contributed by atoms with Crippen LogP contribution in [0, 0.1) is 5.41 Å². The molecule has 1 aromatic carbocycles. The highest BCUT2D eigenvalue weighted by atomic mass is 16.2. The van der Waals surface area contributed by atoms with Gasteiger partial charge in [0, 0.05) is 18.0 Å². The van der Waals surface area contributed by atoms with E-state index < -0.39 is 0 Å². The Bertz CT molecular complexity index is 506. The standard InChI is InChI=1S/C18H26N2O/c1-2-18(10-5-6-11-18)17(21)20-13-16-15-8-4-3-7-14(15)9-12-19-16/h3-4,7-8,16,19H,2,5-6,9-13H2,1H3,(H,20,21). The molecular formula is C18H26N2O. The first-order valence-corrected chi connectivity index (χ1v) is 8.35. The average Bonchev–Trinajstić information content (AvgIpc) is 3.03. The van der Waals surface area contributed by atoms with Gasteiger partial charge in [0.15, 0.2) is 0 Å². The molecule has 2 aliphatic rings. The summed E-state index contributed by atoms with van der Waals surface area (Å²) in [6.45, 7) is 3.85. The second-order valence-corrected chi connectivity index (χ2v) is 6.51. The molecule has 0 radical (unpaired) electrons. The SMILES string of the molecule is CCC1(C(=O)NCC2NCCc3ccccc32)CCCC1. The van der Waals surface area contributed by atoms with Crippen molar-refractivity contribution < 1.29 is 4.79 Å². The summed E-state index contributed by atoms with van der Waals surface area (Å²) in [4.78, 5) is 12.6. The van der Waals surface area contributed by atoms with E-state index in [4.69, 9.17) is 0 Å². The van der Waals surface area contributed by atoms with Crippen LogP contribution in [-0.2, 0) is 11.2 Å². The lowest BCUT2D eigenvalue weighted by Crippen LogP contribution is -2.44. The third-order valence-corrected chi connectivity index (χ3v) is 5.40. The molecule has 1 heterocycles. The summed E-state index contributed by atoms with van der Waals surface area (Å²) < 4.78 is 0. The number of rotatable bonds is 4. The largest absolute Gasteiger partial charge is 0.354 e. The molecule has 0 aromatic heterocycles. The van der Waals surface area contributed by atoms with Gasteiger partial charge in [-0.3, -0.25) is 4.79 Å². The minimum Gasteiger partial charge on any atom is -0.354 e. The zero-order chi connectivity index (χ0) is 14.7. The fraction of sp³-hybridized carbons (Fsp3) is 0.611. The smallest absolute Gasteiger partial charge is 0.226 e. The minimum absolute atomic E-state index is 0.0891. The number of carbonyl (C=O) groups is 1. The normalized spacial score (nSPS) is 23.6. The third-order valence-electron chi connectivity index (χ3n) is 5.40. The van der Waals surface area contributed by atoms with Crippen molar-refractivity contribution in [3.05, 3.63) is 35.4 Å². The predicted octanol–water partition coefficient (Wildman–Crippen LogP) is 2.96. The van der Waals surface area contributed by atoms with Crippen LogP contribution in [0.5, 0.6) is 0 Å².